The first-order valence-electron chi connectivity index (χ1n) is 7.24. The van der Waals surface area contributed by atoms with Crippen LogP contribution in [0.3, 0.4) is 0 Å². The number of likely N-dealkylation sites (N-methyl/N-ethyl adjacent to an activating group) is 1. The zero-order valence-corrected chi connectivity index (χ0v) is 12.1. The summed E-state index contributed by atoms with van der Waals surface area (Å²) >= 11 is 0. The highest BCUT2D eigenvalue weighted by molar-refractivity contribution is 5.33. The van der Waals surface area contributed by atoms with Crippen molar-refractivity contribution >= 4 is 0 Å². The summed E-state index contributed by atoms with van der Waals surface area (Å²) in [5, 5.41) is 10.4. The molecule has 0 aliphatic heterocycles. The van der Waals surface area contributed by atoms with E-state index in [0.29, 0.717) is 6.61 Å². The number of aliphatic hydroxyl groups is 1. The Labute approximate surface area is 116 Å². The Balaban J connectivity index is 1.96. The van der Waals surface area contributed by atoms with E-state index in [1.54, 1.807) is 0 Å². The van der Waals surface area contributed by atoms with Gasteiger partial charge in [0.2, 0.25) is 0 Å². The van der Waals surface area contributed by atoms with Crippen LogP contribution in [-0.2, 0) is 6.54 Å². The van der Waals surface area contributed by atoms with E-state index in [9.17, 15) is 5.11 Å². The van der Waals surface area contributed by atoms with Crippen LogP contribution in [0.4, 0.5) is 0 Å². The van der Waals surface area contributed by atoms with E-state index in [1.165, 1.54) is 5.56 Å². The number of nitrogens with zero attached hydrogens (tertiary/aromatic N) is 1. The van der Waals surface area contributed by atoms with Gasteiger partial charge in [0, 0.05) is 18.7 Å². The monoisotopic (exact) mass is 263 g/mol. The standard InChI is InChI=1S/C16H25NO2/c1-3-19-15-9-5-4-8-14(15)12-17(2)13-16(18)10-6-7-11-16/h4-5,8-9,18H,3,6-7,10-13H2,1-2H3. The normalized spacial score (nSPS) is 17.9. The van der Waals surface area contributed by atoms with Crippen molar-refractivity contribution in [3.8, 4) is 5.75 Å². The van der Waals surface area contributed by atoms with Crippen LogP contribution < -0.4 is 4.74 Å². The minimum atomic E-state index is -0.477. The minimum absolute atomic E-state index is 0.477. The minimum Gasteiger partial charge on any atom is -0.494 e. The Kier molecular flexibility index (Phi) is 4.83. The number of hydrogen-bond donors (Lipinski definition) is 1. The van der Waals surface area contributed by atoms with Crippen molar-refractivity contribution in [3.63, 3.8) is 0 Å². The average molecular weight is 263 g/mol. The molecule has 1 aromatic rings. The summed E-state index contributed by atoms with van der Waals surface area (Å²) in [5.74, 6) is 0.954. The fourth-order valence-corrected chi connectivity index (χ4v) is 2.97. The van der Waals surface area contributed by atoms with E-state index >= 15 is 0 Å². The molecule has 2 rings (SSSR count). The van der Waals surface area contributed by atoms with Crippen molar-refractivity contribution in [1.82, 2.24) is 4.90 Å². The largest absolute Gasteiger partial charge is 0.494 e. The van der Waals surface area contributed by atoms with Gasteiger partial charge >= 0.3 is 0 Å². The number of para-hydroxylation sites is 1. The maximum atomic E-state index is 10.4. The van der Waals surface area contributed by atoms with Gasteiger partial charge in [-0.15, -0.1) is 0 Å². The summed E-state index contributed by atoms with van der Waals surface area (Å²) in [7, 11) is 2.07. The topological polar surface area (TPSA) is 32.7 Å². The Morgan fingerprint density at radius 3 is 2.63 bits per heavy atom. The quantitative estimate of drug-likeness (QED) is 0.856. The van der Waals surface area contributed by atoms with E-state index in [4.69, 9.17) is 4.74 Å². The highest BCUT2D eigenvalue weighted by Crippen LogP contribution is 2.30. The van der Waals surface area contributed by atoms with Crippen molar-refractivity contribution in [1.29, 1.82) is 0 Å². The van der Waals surface area contributed by atoms with Crippen LogP contribution in [-0.4, -0.2) is 35.8 Å². The molecule has 0 atom stereocenters. The molecule has 1 saturated carbocycles. The van der Waals surface area contributed by atoms with Crippen molar-refractivity contribution in [3.05, 3.63) is 29.8 Å². The second-order valence-corrected chi connectivity index (χ2v) is 5.64. The Hall–Kier alpha value is -1.06. The second kappa shape index (κ2) is 6.40. The van der Waals surface area contributed by atoms with Gasteiger partial charge < -0.3 is 9.84 Å². The summed E-state index contributed by atoms with van der Waals surface area (Å²) in [5.41, 5.74) is 0.711. The first-order chi connectivity index (χ1) is 9.13. The lowest BCUT2D eigenvalue weighted by Gasteiger charge is -2.29. The summed E-state index contributed by atoms with van der Waals surface area (Å²) < 4.78 is 5.64. The van der Waals surface area contributed by atoms with Crippen molar-refractivity contribution in [2.75, 3.05) is 20.2 Å². The van der Waals surface area contributed by atoms with Crippen molar-refractivity contribution in [2.45, 2.75) is 44.8 Å². The zero-order valence-electron chi connectivity index (χ0n) is 12.1. The molecule has 0 saturated heterocycles. The van der Waals surface area contributed by atoms with Gasteiger partial charge in [-0.05, 0) is 32.9 Å². The maximum Gasteiger partial charge on any atom is 0.123 e. The first-order valence-corrected chi connectivity index (χ1v) is 7.24. The molecule has 19 heavy (non-hydrogen) atoms. The number of hydrogen-bond acceptors (Lipinski definition) is 3. The van der Waals surface area contributed by atoms with E-state index < -0.39 is 5.60 Å². The molecule has 1 N–H and O–H groups in total. The molecule has 106 valence electrons. The molecule has 0 heterocycles. The van der Waals surface area contributed by atoms with Crippen LogP contribution in [0.5, 0.6) is 5.75 Å². The molecule has 1 fully saturated rings. The lowest BCUT2D eigenvalue weighted by atomic mass is 10.0. The highest BCUT2D eigenvalue weighted by atomic mass is 16.5. The molecule has 1 aliphatic rings. The van der Waals surface area contributed by atoms with E-state index in [2.05, 4.69) is 18.0 Å². The third kappa shape index (κ3) is 3.95. The van der Waals surface area contributed by atoms with Gasteiger partial charge in [0.05, 0.1) is 12.2 Å². The molecule has 0 unspecified atom stereocenters. The van der Waals surface area contributed by atoms with Gasteiger partial charge in [0.15, 0.2) is 0 Å². The van der Waals surface area contributed by atoms with E-state index in [-0.39, 0.29) is 0 Å². The molecule has 0 amide bonds. The zero-order chi connectivity index (χ0) is 13.7. The Bertz CT molecular complexity index is 399. The smallest absolute Gasteiger partial charge is 0.123 e. The predicted molar refractivity (Wildman–Crippen MR) is 77.4 cm³/mol. The van der Waals surface area contributed by atoms with Crippen molar-refractivity contribution in [2.24, 2.45) is 0 Å². The van der Waals surface area contributed by atoms with Gasteiger partial charge in [-0.25, -0.2) is 0 Å². The van der Waals surface area contributed by atoms with Crippen molar-refractivity contribution < 1.29 is 9.84 Å². The number of benzene rings is 1. The fourth-order valence-electron chi connectivity index (χ4n) is 2.97. The summed E-state index contributed by atoms with van der Waals surface area (Å²) in [6, 6.07) is 8.14. The van der Waals surface area contributed by atoms with Gasteiger partial charge in [-0.2, -0.15) is 0 Å². The molecule has 3 nitrogen and oxygen atoms in total. The van der Waals surface area contributed by atoms with Crippen LogP contribution in [0.2, 0.25) is 0 Å². The molecule has 1 aromatic carbocycles. The van der Waals surface area contributed by atoms with E-state index in [1.807, 2.05) is 25.1 Å². The fraction of sp³-hybridized carbons (Fsp3) is 0.625. The van der Waals surface area contributed by atoms with Crippen LogP contribution in [0.1, 0.15) is 38.2 Å². The molecule has 0 spiro atoms. The molecule has 0 radical (unpaired) electrons. The highest BCUT2D eigenvalue weighted by Gasteiger charge is 2.32. The Morgan fingerprint density at radius 2 is 1.95 bits per heavy atom. The lowest BCUT2D eigenvalue weighted by molar-refractivity contribution is 0.0143. The van der Waals surface area contributed by atoms with Gasteiger partial charge in [0.1, 0.15) is 5.75 Å². The third-order valence-electron chi connectivity index (χ3n) is 3.81. The summed E-state index contributed by atoms with van der Waals surface area (Å²) in [4.78, 5) is 2.20. The van der Waals surface area contributed by atoms with Crippen LogP contribution in [0, 0.1) is 0 Å². The molecule has 3 heteroatoms. The Morgan fingerprint density at radius 1 is 1.26 bits per heavy atom. The van der Waals surface area contributed by atoms with Crippen LogP contribution in [0.15, 0.2) is 24.3 Å². The molecule has 1 aliphatic carbocycles. The van der Waals surface area contributed by atoms with Gasteiger partial charge in [-0.3, -0.25) is 4.90 Å². The predicted octanol–water partition coefficient (Wildman–Crippen LogP) is 2.82. The molecule has 0 aromatic heterocycles. The SMILES string of the molecule is CCOc1ccccc1CN(C)CC1(O)CCCC1. The summed E-state index contributed by atoms with van der Waals surface area (Å²) in [6.45, 7) is 4.25. The average Bonchev–Trinajstić information content (AvgIpc) is 2.78. The lowest BCUT2D eigenvalue weighted by Crippen LogP contribution is -2.38. The number of ether oxygens (including phenoxy) is 1. The molecule has 0 bridgehead atoms. The second-order valence-electron chi connectivity index (χ2n) is 5.64. The molecular formula is C16H25NO2. The number of rotatable bonds is 6. The maximum absolute atomic E-state index is 10.4. The molecular weight excluding hydrogens is 238 g/mol. The van der Waals surface area contributed by atoms with Crippen LogP contribution in [0.25, 0.3) is 0 Å². The van der Waals surface area contributed by atoms with E-state index in [0.717, 1.165) is 44.5 Å². The van der Waals surface area contributed by atoms with Gasteiger partial charge in [0.25, 0.3) is 0 Å². The first kappa shape index (κ1) is 14.4. The van der Waals surface area contributed by atoms with Gasteiger partial charge in [-0.1, -0.05) is 31.0 Å². The summed E-state index contributed by atoms with van der Waals surface area (Å²) in [6.07, 6.45) is 4.18. The van der Waals surface area contributed by atoms with Crippen LogP contribution >= 0.6 is 0 Å². The third-order valence-corrected chi connectivity index (χ3v) is 3.81.